The van der Waals surface area contributed by atoms with Crippen LogP contribution in [0.1, 0.15) is 31.7 Å². The fourth-order valence-electron chi connectivity index (χ4n) is 1.99. The van der Waals surface area contributed by atoms with Gasteiger partial charge in [0, 0.05) is 5.88 Å². The van der Waals surface area contributed by atoms with E-state index in [1.807, 2.05) is 13.8 Å². The Labute approximate surface area is 107 Å². The third kappa shape index (κ3) is 2.46. The molecule has 1 aromatic rings. The van der Waals surface area contributed by atoms with Gasteiger partial charge in [0.15, 0.2) is 0 Å². The summed E-state index contributed by atoms with van der Waals surface area (Å²) < 4.78 is 5.45. The van der Waals surface area contributed by atoms with Crippen LogP contribution < -0.4 is 10.1 Å². The van der Waals surface area contributed by atoms with E-state index in [2.05, 4.69) is 15.3 Å². The highest BCUT2D eigenvalue weighted by Gasteiger charge is 2.36. The molecule has 4 nitrogen and oxygen atoms in total. The Kier molecular flexibility index (Phi) is 3.72. The van der Waals surface area contributed by atoms with E-state index < -0.39 is 0 Å². The summed E-state index contributed by atoms with van der Waals surface area (Å²) in [5, 5.41) is 3.45. The number of rotatable bonds is 5. The maximum atomic E-state index is 6.03. The molecule has 1 heterocycles. The molecular formula is C12H18ClN3O. The minimum atomic E-state index is 0.0180. The molecule has 0 atom stereocenters. The summed E-state index contributed by atoms with van der Waals surface area (Å²) in [5.74, 6) is 2.10. The van der Waals surface area contributed by atoms with Crippen molar-refractivity contribution in [2.75, 3.05) is 17.8 Å². The SMILES string of the molecule is CCOc1ncnc(NC2(CCl)CCC2)c1C. The molecule has 94 valence electrons. The van der Waals surface area contributed by atoms with E-state index in [9.17, 15) is 0 Å². The summed E-state index contributed by atoms with van der Waals surface area (Å²) in [5.41, 5.74) is 0.968. The van der Waals surface area contributed by atoms with Crippen LogP contribution in [0.5, 0.6) is 5.88 Å². The molecule has 2 rings (SSSR count). The second-order valence-electron chi connectivity index (χ2n) is 4.48. The Bertz CT molecular complexity index is 388. The predicted octanol–water partition coefficient (Wildman–Crippen LogP) is 2.76. The molecular weight excluding hydrogens is 238 g/mol. The van der Waals surface area contributed by atoms with E-state index in [0.29, 0.717) is 18.4 Å². The molecule has 0 spiro atoms. The van der Waals surface area contributed by atoms with Crippen molar-refractivity contribution in [3.8, 4) is 5.88 Å². The van der Waals surface area contributed by atoms with Gasteiger partial charge in [-0.1, -0.05) is 0 Å². The summed E-state index contributed by atoms with van der Waals surface area (Å²) in [4.78, 5) is 8.40. The van der Waals surface area contributed by atoms with Crippen molar-refractivity contribution in [2.24, 2.45) is 0 Å². The maximum absolute atomic E-state index is 6.03. The number of hydrogen-bond acceptors (Lipinski definition) is 4. The van der Waals surface area contributed by atoms with E-state index in [-0.39, 0.29) is 5.54 Å². The van der Waals surface area contributed by atoms with Gasteiger partial charge in [-0.05, 0) is 33.1 Å². The summed E-state index contributed by atoms with van der Waals surface area (Å²) >= 11 is 6.03. The Balaban J connectivity index is 2.18. The summed E-state index contributed by atoms with van der Waals surface area (Å²) in [6, 6.07) is 0. The van der Waals surface area contributed by atoms with Gasteiger partial charge in [0.1, 0.15) is 12.1 Å². The summed E-state index contributed by atoms with van der Waals surface area (Å²) in [6.45, 7) is 4.52. The highest BCUT2D eigenvalue weighted by molar-refractivity contribution is 6.19. The second kappa shape index (κ2) is 5.08. The Morgan fingerprint density at radius 3 is 2.76 bits per heavy atom. The van der Waals surface area contributed by atoms with Gasteiger partial charge < -0.3 is 10.1 Å². The van der Waals surface area contributed by atoms with Crippen LogP contribution in [0.25, 0.3) is 0 Å². The molecule has 0 unspecified atom stereocenters. The number of nitrogens with zero attached hydrogens (tertiary/aromatic N) is 2. The van der Waals surface area contributed by atoms with Crippen LogP contribution in [-0.4, -0.2) is 28.0 Å². The van der Waals surface area contributed by atoms with Crippen LogP contribution in [0.2, 0.25) is 0 Å². The van der Waals surface area contributed by atoms with Crippen LogP contribution in [0.4, 0.5) is 5.82 Å². The van der Waals surface area contributed by atoms with E-state index in [1.54, 1.807) is 0 Å². The lowest BCUT2D eigenvalue weighted by Gasteiger charge is -2.41. The van der Waals surface area contributed by atoms with Crippen LogP contribution >= 0.6 is 11.6 Å². The number of nitrogens with one attached hydrogen (secondary N) is 1. The monoisotopic (exact) mass is 255 g/mol. The Morgan fingerprint density at radius 2 is 2.24 bits per heavy atom. The van der Waals surface area contributed by atoms with Crippen molar-refractivity contribution < 1.29 is 4.74 Å². The zero-order valence-corrected chi connectivity index (χ0v) is 11.0. The quantitative estimate of drug-likeness (QED) is 0.822. The molecule has 17 heavy (non-hydrogen) atoms. The molecule has 1 aliphatic carbocycles. The fraction of sp³-hybridized carbons (Fsp3) is 0.667. The van der Waals surface area contributed by atoms with Crippen molar-refractivity contribution >= 4 is 17.4 Å². The van der Waals surface area contributed by atoms with Crippen molar-refractivity contribution in [1.82, 2.24) is 9.97 Å². The molecule has 5 heteroatoms. The molecule has 1 N–H and O–H groups in total. The van der Waals surface area contributed by atoms with Gasteiger partial charge in [-0.2, -0.15) is 0 Å². The lowest BCUT2D eigenvalue weighted by Crippen LogP contribution is -2.47. The van der Waals surface area contributed by atoms with Gasteiger partial charge in [-0.15, -0.1) is 11.6 Å². The van der Waals surface area contributed by atoms with E-state index >= 15 is 0 Å². The minimum absolute atomic E-state index is 0.0180. The molecule has 0 radical (unpaired) electrons. The molecule has 0 saturated heterocycles. The summed E-state index contributed by atoms with van der Waals surface area (Å²) in [7, 11) is 0. The number of hydrogen-bond donors (Lipinski definition) is 1. The molecule has 0 aliphatic heterocycles. The topological polar surface area (TPSA) is 47.0 Å². The Morgan fingerprint density at radius 1 is 1.47 bits per heavy atom. The zero-order valence-electron chi connectivity index (χ0n) is 10.3. The van der Waals surface area contributed by atoms with Gasteiger partial charge in [0.2, 0.25) is 5.88 Å². The normalized spacial score (nSPS) is 17.4. The molecule has 1 aromatic heterocycles. The highest BCUT2D eigenvalue weighted by atomic mass is 35.5. The van der Waals surface area contributed by atoms with Crippen LogP contribution in [0.15, 0.2) is 6.33 Å². The van der Waals surface area contributed by atoms with Crippen molar-refractivity contribution in [3.63, 3.8) is 0 Å². The number of ether oxygens (including phenoxy) is 1. The minimum Gasteiger partial charge on any atom is -0.478 e. The van der Waals surface area contributed by atoms with E-state index in [1.165, 1.54) is 12.7 Å². The van der Waals surface area contributed by atoms with Gasteiger partial charge in [-0.3, -0.25) is 0 Å². The lowest BCUT2D eigenvalue weighted by atomic mass is 9.78. The third-order valence-corrected chi connectivity index (χ3v) is 3.78. The van der Waals surface area contributed by atoms with Gasteiger partial charge >= 0.3 is 0 Å². The first-order valence-corrected chi connectivity index (χ1v) is 6.53. The van der Waals surface area contributed by atoms with Gasteiger partial charge in [0.05, 0.1) is 17.7 Å². The maximum Gasteiger partial charge on any atom is 0.221 e. The molecule has 0 amide bonds. The van der Waals surface area contributed by atoms with Gasteiger partial charge in [-0.25, -0.2) is 9.97 Å². The fourth-order valence-corrected chi connectivity index (χ4v) is 2.32. The summed E-state index contributed by atoms with van der Waals surface area (Å²) in [6.07, 6.45) is 4.96. The van der Waals surface area contributed by atoms with Crippen LogP contribution in [0.3, 0.4) is 0 Å². The lowest BCUT2D eigenvalue weighted by molar-refractivity contribution is 0.307. The van der Waals surface area contributed by atoms with Crippen LogP contribution in [0, 0.1) is 6.92 Å². The average Bonchev–Trinajstić information content (AvgIpc) is 2.28. The van der Waals surface area contributed by atoms with Crippen molar-refractivity contribution in [2.45, 2.75) is 38.6 Å². The first kappa shape index (κ1) is 12.4. The Hall–Kier alpha value is -1.03. The number of halogens is 1. The molecule has 0 aromatic carbocycles. The highest BCUT2D eigenvalue weighted by Crippen LogP contribution is 2.37. The van der Waals surface area contributed by atoms with Crippen LogP contribution in [-0.2, 0) is 0 Å². The third-order valence-electron chi connectivity index (χ3n) is 3.27. The zero-order chi connectivity index (χ0) is 12.3. The first-order chi connectivity index (χ1) is 8.21. The number of anilines is 1. The first-order valence-electron chi connectivity index (χ1n) is 5.99. The molecule has 1 fully saturated rings. The standard InChI is InChI=1S/C12H18ClN3O/c1-3-17-11-9(2)10(14-8-15-11)16-12(7-13)5-4-6-12/h8H,3-7H2,1-2H3,(H,14,15,16). The number of alkyl halides is 1. The molecule has 1 saturated carbocycles. The molecule has 1 aliphatic rings. The van der Waals surface area contributed by atoms with E-state index in [0.717, 1.165) is 24.2 Å². The number of aromatic nitrogens is 2. The largest absolute Gasteiger partial charge is 0.478 e. The second-order valence-corrected chi connectivity index (χ2v) is 4.75. The van der Waals surface area contributed by atoms with Crippen molar-refractivity contribution in [1.29, 1.82) is 0 Å². The van der Waals surface area contributed by atoms with Gasteiger partial charge in [0.25, 0.3) is 0 Å². The van der Waals surface area contributed by atoms with Crippen molar-refractivity contribution in [3.05, 3.63) is 11.9 Å². The molecule has 0 bridgehead atoms. The average molecular weight is 256 g/mol. The smallest absolute Gasteiger partial charge is 0.221 e. The predicted molar refractivity (Wildman–Crippen MR) is 68.9 cm³/mol. The van der Waals surface area contributed by atoms with E-state index in [4.69, 9.17) is 16.3 Å².